The van der Waals surface area contributed by atoms with Gasteiger partial charge in [0.15, 0.2) is 0 Å². The van der Waals surface area contributed by atoms with E-state index in [1.807, 2.05) is 36.4 Å². The monoisotopic (exact) mass is 456 g/mol. The summed E-state index contributed by atoms with van der Waals surface area (Å²) in [6, 6.07) is 29.3. The van der Waals surface area contributed by atoms with E-state index in [1.165, 1.54) is 30.9 Å². The van der Waals surface area contributed by atoms with Gasteiger partial charge in [-0.2, -0.15) is 0 Å². The van der Waals surface area contributed by atoms with E-state index in [-0.39, 0.29) is 35.8 Å². The van der Waals surface area contributed by atoms with Gasteiger partial charge in [0.05, 0.1) is 6.85 Å². The van der Waals surface area contributed by atoms with Crippen LogP contribution in [0.15, 0.2) is 121 Å². The highest BCUT2D eigenvalue weighted by Gasteiger charge is 2.11. The fourth-order valence-electron chi connectivity index (χ4n) is 4.79. The van der Waals surface area contributed by atoms with Crippen molar-refractivity contribution in [2.45, 2.75) is 0 Å². The molecule has 0 radical (unpaired) electrons. The van der Waals surface area contributed by atoms with Gasteiger partial charge in [0.1, 0.15) is 0 Å². The van der Waals surface area contributed by atoms with Gasteiger partial charge < -0.3 is 5.32 Å². The topological polar surface area (TPSA) is 12.0 Å². The van der Waals surface area contributed by atoms with Crippen LogP contribution in [0.5, 0.6) is 0 Å². The molecule has 2 heteroatoms. The molecule has 0 saturated carbocycles. The Morgan fingerprint density at radius 1 is 0.618 bits per heavy atom. The van der Waals surface area contributed by atoms with Gasteiger partial charge in [-0.05, 0) is 51.6 Å². The number of nitrogens with one attached hydrogen (secondary N) is 1. The average molecular weight is 457 g/mol. The summed E-state index contributed by atoms with van der Waals surface area (Å²) in [6.07, 6.45) is 0. The number of rotatable bonds is 3. The standard InChI is InChI=1S/C32H21NS/c1-2-8-21(9-3-1)24-17-18-29(27-13-7-6-12-26(24)27)33-23-15-16-28-31(20-23)34-30-19-14-22-10-4-5-11-25(22)32(28)30/h1-20,33H/i1D,2D,3D,8D,9D. The van der Waals surface area contributed by atoms with E-state index in [4.69, 9.17) is 6.85 Å². The van der Waals surface area contributed by atoms with Crippen molar-refractivity contribution in [3.63, 3.8) is 0 Å². The summed E-state index contributed by atoms with van der Waals surface area (Å²) >= 11 is 1.78. The zero-order valence-electron chi connectivity index (χ0n) is 23.1. The van der Waals surface area contributed by atoms with Gasteiger partial charge in [-0.3, -0.25) is 0 Å². The Labute approximate surface area is 208 Å². The Balaban J connectivity index is 1.35. The lowest BCUT2D eigenvalue weighted by Gasteiger charge is -2.14. The smallest absolute Gasteiger partial charge is 0.0629 e. The summed E-state index contributed by atoms with van der Waals surface area (Å²) in [7, 11) is 0. The maximum atomic E-state index is 8.47. The van der Waals surface area contributed by atoms with Crippen molar-refractivity contribution < 1.29 is 6.85 Å². The first-order valence-electron chi connectivity index (χ1n) is 13.6. The van der Waals surface area contributed by atoms with Crippen molar-refractivity contribution in [1.29, 1.82) is 0 Å². The highest BCUT2D eigenvalue weighted by Crippen LogP contribution is 2.40. The van der Waals surface area contributed by atoms with Gasteiger partial charge in [0.2, 0.25) is 0 Å². The lowest BCUT2D eigenvalue weighted by atomic mass is 9.97. The molecule has 6 aromatic carbocycles. The van der Waals surface area contributed by atoms with Gasteiger partial charge in [0.25, 0.3) is 0 Å². The lowest BCUT2D eigenvalue weighted by molar-refractivity contribution is 1.59. The first-order chi connectivity index (χ1) is 18.9. The van der Waals surface area contributed by atoms with E-state index in [2.05, 4.69) is 59.9 Å². The molecule has 7 aromatic rings. The summed E-state index contributed by atoms with van der Waals surface area (Å²) in [5, 5.41) is 10.3. The predicted octanol–water partition coefficient (Wildman–Crippen LogP) is 9.77. The molecule has 0 fully saturated rings. The van der Waals surface area contributed by atoms with Crippen molar-refractivity contribution >= 4 is 64.4 Å². The fraction of sp³-hybridized carbons (Fsp3) is 0. The molecule has 0 bridgehead atoms. The van der Waals surface area contributed by atoms with E-state index in [0.29, 0.717) is 5.56 Å². The maximum Gasteiger partial charge on any atom is 0.0629 e. The Morgan fingerprint density at radius 3 is 2.29 bits per heavy atom. The largest absolute Gasteiger partial charge is 0.355 e. The molecule has 160 valence electrons. The van der Waals surface area contributed by atoms with E-state index >= 15 is 0 Å². The molecular formula is C32H21NS. The zero-order valence-corrected chi connectivity index (χ0v) is 18.9. The number of hydrogen-bond acceptors (Lipinski definition) is 2. The van der Waals surface area contributed by atoms with Crippen LogP contribution in [0.4, 0.5) is 11.4 Å². The second-order valence-corrected chi connectivity index (χ2v) is 9.39. The molecule has 1 N–H and O–H groups in total. The minimum absolute atomic E-state index is 0.199. The van der Waals surface area contributed by atoms with E-state index < -0.39 is 0 Å². The molecule has 0 aliphatic carbocycles. The minimum atomic E-state index is -0.388. The first-order valence-corrected chi connectivity index (χ1v) is 11.9. The van der Waals surface area contributed by atoms with Gasteiger partial charge in [-0.25, -0.2) is 0 Å². The van der Waals surface area contributed by atoms with E-state index in [0.717, 1.165) is 22.1 Å². The highest BCUT2D eigenvalue weighted by molar-refractivity contribution is 7.26. The van der Waals surface area contributed by atoms with Crippen LogP contribution in [0, 0.1) is 0 Å². The van der Waals surface area contributed by atoms with E-state index in [9.17, 15) is 0 Å². The number of fused-ring (bicyclic) bond motifs is 6. The van der Waals surface area contributed by atoms with Crippen LogP contribution < -0.4 is 5.32 Å². The summed E-state index contributed by atoms with van der Waals surface area (Å²) in [6.45, 7) is 0. The van der Waals surface area contributed by atoms with Crippen LogP contribution in [-0.2, 0) is 0 Å². The molecule has 0 aliphatic heterocycles. The summed E-state index contributed by atoms with van der Waals surface area (Å²) in [4.78, 5) is 0. The third-order valence-electron chi connectivity index (χ3n) is 6.33. The number of thiophene rings is 1. The normalized spacial score (nSPS) is 13.6. The van der Waals surface area contributed by atoms with Crippen molar-refractivity contribution in [2.24, 2.45) is 0 Å². The minimum Gasteiger partial charge on any atom is -0.355 e. The third kappa shape index (κ3) is 3.07. The lowest BCUT2D eigenvalue weighted by Crippen LogP contribution is -1.92. The Morgan fingerprint density at radius 2 is 1.41 bits per heavy atom. The van der Waals surface area contributed by atoms with Crippen molar-refractivity contribution in [1.82, 2.24) is 0 Å². The van der Waals surface area contributed by atoms with Crippen LogP contribution in [0.25, 0.3) is 52.8 Å². The second-order valence-electron chi connectivity index (χ2n) is 8.30. The predicted molar refractivity (Wildman–Crippen MR) is 150 cm³/mol. The summed E-state index contributed by atoms with van der Waals surface area (Å²) in [5.41, 5.74) is 2.66. The fourth-order valence-corrected chi connectivity index (χ4v) is 5.95. The van der Waals surface area contributed by atoms with Gasteiger partial charge >= 0.3 is 0 Å². The Bertz CT molecular complexity index is 2090. The second kappa shape index (κ2) is 7.72. The molecule has 7 rings (SSSR count). The van der Waals surface area contributed by atoms with Crippen LogP contribution in [-0.4, -0.2) is 0 Å². The van der Waals surface area contributed by atoms with Gasteiger partial charge in [-0.15, -0.1) is 11.3 Å². The SMILES string of the molecule is [2H]c1c([2H])c([2H])c(-c2ccc(Nc3ccc4c(c3)sc3ccc5ccccc5c34)c3ccccc23)c([2H])c1[2H]. The number of benzene rings is 6. The molecule has 1 heterocycles. The third-order valence-corrected chi connectivity index (χ3v) is 7.45. The van der Waals surface area contributed by atoms with Crippen molar-refractivity contribution in [2.75, 3.05) is 5.32 Å². The Kier molecular flexibility index (Phi) is 3.38. The Hall–Kier alpha value is -4.14. The molecule has 0 spiro atoms. The number of anilines is 2. The molecule has 1 nitrogen and oxygen atoms in total. The quantitative estimate of drug-likeness (QED) is 0.279. The van der Waals surface area contributed by atoms with Crippen LogP contribution in [0.1, 0.15) is 6.85 Å². The average Bonchev–Trinajstić information content (AvgIpc) is 3.34. The molecule has 0 atom stereocenters. The molecule has 0 amide bonds. The number of hydrogen-bond donors (Lipinski definition) is 1. The summed E-state index contributed by atoms with van der Waals surface area (Å²) < 4.78 is 43.6. The van der Waals surface area contributed by atoms with Gasteiger partial charge in [-0.1, -0.05) is 96.9 Å². The maximum absolute atomic E-state index is 8.47. The van der Waals surface area contributed by atoms with Crippen LogP contribution in [0.3, 0.4) is 0 Å². The molecule has 1 aromatic heterocycles. The molecule has 0 unspecified atom stereocenters. The van der Waals surface area contributed by atoms with Crippen molar-refractivity contribution in [3.8, 4) is 11.1 Å². The molecule has 0 aliphatic rings. The van der Waals surface area contributed by atoms with Crippen LogP contribution >= 0.6 is 11.3 Å². The van der Waals surface area contributed by atoms with E-state index in [1.54, 1.807) is 11.3 Å². The first kappa shape index (κ1) is 14.9. The zero-order chi connectivity index (χ0) is 26.8. The van der Waals surface area contributed by atoms with Crippen LogP contribution in [0.2, 0.25) is 0 Å². The molecule has 34 heavy (non-hydrogen) atoms. The summed E-state index contributed by atoms with van der Waals surface area (Å²) in [5.74, 6) is 0. The molecular weight excluding hydrogens is 430 g/mol. The van der Waals surface area contributed by atoms with Crippen molar-refractivity contribution in [3.05, 3.63) is 121 Å². The van der Waals surface area contributed by atoms with Gasteiger partial charge in [0, 0.05) is 36.9 Å². The molecule has 0 saturated heterocycles. The highest BCUT2D eigenvalue weighted by atomic mass is 32.1.